The van der Waals surface area contributed by atoms with Gasteiger partial charge in [-0.3, -0.25) is 0 Å². The predicted octanol–water partition coefficient (Wildman–Crippen LogP) is 0.742. The van der Waals surface area contributed by atoms with Crippen molar-refractivity contribution in [1.82, 2.24) is 4.72 Å². The number of aromatic carboxylic acids is 1. The van der Waals surface area contributed by atoms with E-state index in [1.165, 1.54) is 12.1 Å². The molecule has 0 spiro atoms. The Morgan fingerprint density at radius 1 is 1.42 bits per heavy atom. The number of hydrogen-bond donors (Lipinski definition) is 3. The molecule has 0 aliphatic rings. The summed E-state index contributed by atoms with van der Waals surface area (Å²) in [5, 5.41) is 17.9. The lowest BCUT2D eigenvalue weighted by Crippen LogP contribution is -2.37. The Morgan fingerprint density at radius 3 is 2.53 bits per heavy atom. The van der Waals surface area contributed by atoms with Crippen molar-refractivity contribution in [2.45, 2.75) is 31.2 Å². The number of carbonyl (C=O) groups is 1. The number of sulfonamides is 1. The summed E-state index contributed by atoms with van der Waals surface area (Å²) in [6.45, 7) is 3.01. The van der Waals surface area contributed by atoms with Crippen LogP contribution >= 0.6 is 0 Å². The zero-order valence-electron chi connectivity index (χ0n) is 10.8. The molecule has 0 radical (unpaired) electrons. The van der Waals surface area contributed by atoms with Gasteiger partial charge < -0.3 is 10.2 Å². The number of hydrogen-bond acceptors (Lipinski definition) is 4. The van der Waals surface area contributed by atoms with Crippen LogP contribution in [-0.4, -0.2) is 37.2 Å². The summed E-state index contributed by atoms with van der Waals surface area (Å²) in [4.78, 5) is 10.8. The Balaban J connectivity index is 3.20. The summed E-state index contributed by atoms with van der Waals surface area (Å²) in [5.74, 6) is -1.19. The van der Waals surface area contributed by atoms with Gasteiger partial charge in [0.2, 0.25) is 10.0 Å². The fraction of sp³-hybridized carbons (Fsp3) is 0.417. The quantitative estimate of drug-likeness (QED) is 0.716. The highest BCUT2D eigenvalue weighted by atomic mass is 32.2. The Morgan fingerprint density at radius 2 is 2.05 bits per heavy atom. The highest BCUT2D eigenvalue weighted by Gasteiger charge is 2.21. The van der Waals surface area contributed by atoms with Gasteiger partial charge in [-0.2, -0.15) is 0 Å². The summed E-state index contributed by atoms with van der Waals surface area (Å²) in [6, 6.07) is 3.32. The molecule has 7 heteroatoms. The van der Waals surface area contributed by atoms with Gasteiger partial charge in [-0.15, -0.1) is 0 Å². The third-order valence-electron chi connectivity index (χ3n) is 2.76. The van der Waals surface area contributed by atoms with E-state index in [0.29, 0.717) is 12.0 Å². The van der Waals surface area contributed by atoms with Gasteiger partial charge in [0.15, 0.2) is 0 Å². The van der Waals surface area contributed by atoms with E-state index in [-0.39, 0.29) is 17.1 Å². The Bertz CT molecular complexity index is 563. The van der Waals surface area contributed by atoms with Crippen LogP contribution in [0.4, 0.5) is 0 Å². The number of carboxylic acids is 1. The summed E-state index contributed by atoms with van der Waals surface area (Å²) in [6.07, 6.45) is 0.438. The van der Waals surface area contributed by atoms with Crippen molar-refractivity contribution in [1.29, 1.82) is 0 Å². The Labute approximate surface area is 112 Å². The maximum absolute atomic E-state index is 12.1. The maximum Gasteiger partial charge on any atom is 0.335 e. The molecule has 1 aromatic rings. The molecule has 106 valence electrons. The lowest BCUT2D eigenvalue weighted by molar-refractivity contribution is 0.0696. The third-order valence-corrected chi connectivity index (χ3v) is 4.42. The topological polar surface area (TPSA) is 104 Å². The molecule has 0 fully saturated rings. The lowest BCUT2D eigenvalue weighted by Gasteiger charge is -2.16. The van der Waals surface area contributed by atoms with Crippen molar-refractivity contribution in [3.63, 3.8) is 0 Å². The number of rotatable bonds is 6. The number of carboxylic acid groups (broad SMARTS) is 1. The van der Waals surface area contributed by atoms with Crippen molar-refractivity contribution in [2.75, 3.05) is 6.61 Å². The van der Waals surface area contributed by atoms with Crippen LogP contribution in [0.5, 0.6) is 0 Å². The van der Waals surface area contributed by atoms with Gasteiger partial charge >= 0.3 is 5.97 Å². The van der Waals surface area contributed by atoms with Gasteiger partial charge in [0.25, 0.3) is 0 Å². The number of nitrogens with one attached hydrogen (secondary N) is 1. The van der Waals surface area contributed by atoms with E-state index in [4.69, 9.17) is 10.2 Å². The van der Waals surface area contributed by atoms with Gasteiger partial charge in [0.1, 0.15) is 0 Å². The standard InChI is InChI=1S/C12H17NO5S/c1-3-10(7-14)13-19(17,18)11-6-9(12(15)16)5-4-8(11)2/h4-6,10,13-14H,3,7H2,1-2H3,(H,15,16)/t10-/m0/s1. The third kappa shape index (κ3) is 3.76. The summed E-state index contributed by atoms with van der Waals surface area (Å²) < 4.78 is 26.6. The monoisotopic (exact) mass is 287 g/mol. The van der Waals surface area contributed by atoms with Crippen LogP contribution in [0.3, 0.4) is 0 Å². The van der Waals surface area contributed by atoms with Crippen LogP contribution in [0.25, 0.3) is 0 Å². The lowest BCUT2D eigenvalue weighted by atomic mass is 10.1. The maximum atomic E-state index is 12.1. The van der Waals surface area contributed by atoms with Crippen molar-refractivity contribution < 1.29 is 23.4 Å². The minimum atomic E-state index is -3.84. The first-order chi connectivity index (χ1) is 8.81. The van der Waals surface area contributed by atoms with Crippen LogP contribution in [0.2, 0.25) is 0 Å². The van der Waals surface area contributed by atoms with E-state index in [0.717, 1.165) is 6.07 Å². The highest BCUT2D eigenvalue weighted by molar-refractivity contribution is 7.89. The molecule has 0 aliphatic carbocycles. The van der Waals surface area contributed by atoms with Crippen LogP contribution in [0.1, 0.15) is 29.3 Å². The smallest absolute Gasteiger partial charge is 0.335 e. The van der Waals surface area contributed by atoms with E-state index in [2.05, 4.69) is 4.72 Å². The summed E-state index contributed by atoms with van der Waals surface area (Å²) in [5.41, 5.74) is 0.355. The summed E-state index contributed by atoms with van der Waals surface area (Å²) in [7, 11) is -3.84. The Kier molecular flexibility index (Phi) is 5.04. The molecular formula is C12H17NO5S. The SMILES string of the molecule is CC[C@@H](CO)NS(=O)(=O)c1cc(C(=O)O)ccc1C. The second-order valence-corrected chi connectivity index (χ2v) is 5.88. The number of aliphatic hydroxyl groups is 1. The second-order valence-electron chi connectivity index (χ2n) is 4.19. The molecule has 1 aromatic carbocycles. The average Bonchev–Trinajstić information content (AvgIpc) is 2.35. The first-order valence-corrected chi connectivity index (χ1v) is 7.27. The van der Waals surface area contributed by atoms with Crippen LogP contribution in [0, 0.1) is 6.92 Å². The molecular weight excluding hydrogens is 270 g/mol. The zero-order chi connectivity index (χ0) is 14.6. The van der Waals surface area contributed by atoms with Crippen LogP contribution < -0.4 is 4.72 Å². The van der Waals surface area contributed by atoms with Gasteiger partial charge in [-0.25, -0.2) is 17.9 Å². The zero-order valence-corrected chi connectivity index (χ0v) is 11.6. The van der Waals surface area contributed by atoms with Crippen molar-refractivity contribution >= 4 is 16.0 Å². The summed E-state index contributed by atoms with van der Waals surface area (Å²) >= 11 is 0. The van der Waals surface area contributed by atoms with Crippen LogP contribution in [-0.2, 0) is 10.0 Å². The molecule has 0 aromatic heterocycles. The predicted molar refractivity (Wildman–Crippen MR) is 69.6 cm³/mol. The average molecular weight is 287 g/mol. The Hall–Kier alpha value is -1.44. The van der Waals surface area contributed by atoms with E-state index in [1.807, 2.05) is 0 Å². The van der Waals surface area contributed by atoms with E-state index < -0.39 is 22.0 Å². The number of aryl methyl sites for hydroxylation is 1. The fourth-order valence-electron chi connectivity index (χ4n) is 1.56. The van der Waals surface area contributed by atoms with Gasteiger partial charge in [-0.1, -0.05) is 13.0 Å². The van der Waals surface area contributed by atoms with Crippen LogP contribution in [0.15, 0.2) is 23.1 Å². The largest absolute Gasteiger partial charge is 0.478 e. The number of benzene rings is 1. The molecule has 0 amide bonds. The van der Waals surface area contributed by atoms with Gasteiger partial charge in [0, 0.05) is 6.04 Å². The van der Waals surface area contributed by atoms with Crippen molar-refractivity contribution in [2.24, 2.45) is 0 Å². The molecule has 0 saturated heterocycles. The van der Waals surface area contributed by atoms with Crippen molar-refractivity contribution in [3.8, 4) is 0 Å². The molecule has 0 unspecified atom stereocenters. The fourth-order valence-corrected chi connectivity index (χ4v) is 3.14. The molecule has 1 rings (SSSR count). The molecule has 0 bridgehead atoms. The minimum absolute atomic E-state index is 0.0840. The molecule has 6 nitrogen and oxygen atoms in total. The highest BCUT2D eigenvalue weighted by Crippen LogP contribution is 2.17. The molecule has 3 N–H and O–H groups in total. The van der Waals surface area contributed by atoms with Gasteiger partial charge in [-0.05, 0) is 31.0 Å². The van der Waals surface area contributed by atoms with E-state index in [9.17, 15) is 13.2 Å². The molecule has 0 heterocycles. The normalized spacial score (nSPS) is 13.2. The minimum Gasteiger partial charge on any atom is -0.478 e. The number of aliphatic hydroxyl groups excluding tert-OH is 1. The first-order valence-electron chi connectivity index (χ1n) is 5.79. The molecule has 0 aliphatic heterocycles. The first kappa shape index (κ1) is 15.6. The second kappa shape index (κ2) is 6.14. The molecule has 1 atom stereocenters. The van der Waals surface area contributed by atoms with E-state index >= 15 is 0 Å². The van der Waals surface area contributed by atoms with Gasteiger partial charge in [0.05, 0.1) is 17.1 Å². The van der Waals surface area contributed by atoms with Crippen molar-refractivity contribution in [3.05, 3.63) is 29.3 Å². The van der Waals surface area contributed by atoms with E-state index in [1.54, 1.807) is 13.8 Å². The molecule has 0 saturated carbocycles. The molecule has 19 heavy (non-hydrogen) atoms.